The molecule has 1 fully saturated rings. The van der Waals surface area contributed by atoms with Crippen LogP contribution in [-0.2, 0) is 11.3 Å². The van der Waals surface area contributed by atoms with Gasteiger partial charge >= 0.3 is 6.09 Å². The lowest BCUT2D eigenvalue weighted by Gasteiger charge is -2.33. The molecule has 1 aromatic carbocycles. The van der Waals surface area contributed by atoms with Gasteiger partial charge in [0.1, 0.15) is 5.75 Å². The molecule has 9 nitrogen and oxygen atoms in total. The van der Waals surface area contributed by atoms with Crippen LogP contribution < -0.4 is 4.74 Å². The van der Waals surface area contributed by atoms with Gasteiger partial charge in [-0.3, -0.25) is 4.90 Å². The Morgan fingerprint density at radius 2 is 1.88 bits per heavy atom. The van der Waals surface area contributed by atoms with Gasteiger partial charge in [-0.15, -0.1) is 5.10 Å². The Bertz CT molecular complexity index is 694. The van der Waals surface area contributed by atoms with Crippen molar-refractivity contribution in [2.45, 2.75) is 13.5 Å². The molecule has 1 aliphatic heterocycles. The molecule has 0 unspecified atom stereocenters. The standard InChI is InChI=1S/C16H22N6O3/c1-3-25-16(23)21-10-8-20(9-11-21)12-15-17-18-19-22(15)13-4-6-14(24-2)7-5-13/h4-7H,3,8-12H2,1-2H3. The van der Waals surface area contributed by atoms with E-state index in [9.17, 15) is 4.79 Å². The topological polar surface area (TPSA) is 85.6 Å². The summed E-state index contributed by atoms with van der Waals surface area (Å²) in [5, 5.41) is 12.0. The zero-order chi connectivity index (χ0) is 17.6. The van der Waals surface area contributed by atoms with Crippen LogP contribution in [0.5, 0.6) is 5.75 Å². The predicted octanol–water partition coefficient (Wildman–Crippen LogP) is 0.945. The van der Waals surface area contributed by atoms with Gasteiger partial charge in [0.15, 0.2) is 5.82 Å². The van der Waals surface area contributed by atoms with Crippen molar-refractivity contribution in [1.82, 2.24) is 30.0 Å². The number of aromatic nitrogens is 4. The van der Waals surface area contributed by atoms with Crippen LogP contribution in [0.3, 0.4) is 0 Å². The van der Waals surface area contributed by atoms with Crippen molar-refractivity contribution >= 4 is 6.09 Å². The Balaban J connectivity index is 1.61. The largest absolute Gasteiger partial charge is 0.497 e. The smallest absolute Gasteiger partial charge is 0.409 e. The molecule has 0 atom stereocenters. The Morgan fingerprint density at radius 3 is 2.52 bits per heavy atom. The van der Waals surface area contributed by atoms with E-state index in [1.54, 1.807) is 16.7 Å². The molecular weight excluding hydrogens is 324 g/mol. The summed E-state index contributed by atoms with van der Waals surface area (Å²) in [6, 6.07) is 7.58. The first kappa shape index (κ1) is 17.2. The summed E-state index contributed by atoms with van der Waals surface area (Å²) in [7, 11) is 1.63. The third-order valence-electron chi connectivity index (χ3n) is 4.11. The Labute approximate surface area is 146 Å². The molecule has 0 radical (unpaired) electrons. The first-order valence-electron chi connectivity index (χ1n) is 8.27. The summed E-state index contributed by atoms with van der Waals surface area (Å²) in [5.74, 6) is 1.54. The highest BCUT2D eigenvalue weighted by molar-refractivity contribution is 5.67. The zero-order valence-electron chi connectivity index (χ0n) is 14.5. The zero-order valence-corrected chi connectivity index (χ0v) is 14.5. The third-order valence-corrected chi connectivity index (χ3v) is 4.11. The summed E-state index contributed by atoms with van der Waals surface area (Å²) in [6.45, 7) is 5.63. The van der Waals surface area contributed by atoms with Crippen LogP contribution >= 0.6 is 0 Å². The summed E-state index contributed by atoms with van der Waals surface area (Å²) in [5.41, 5.74) is 0.881. The predicted molar refractivity (Wildman–Crippen MR) is 89.6 cm³/mol. The van der Waals surface area contributed by atoms with Crippen molar-refractivity contribution < 1.29 is 14.3 Å². The number of amides is 1. The van der Waals surface area contributed by atoms with Crippen LogP contribution in [0.1, 0.15) is 12.7 Å². The van der Waals surface area contributed by atoms with Gasteiger partial charge in [0.05, 0.1) is 25.9 Å². The maximum Gasteiger partial charge on any atom is 0.409 e. The Morgan fingerprint density at radius 1 is 1.16 bits per heavy atom. The van der Waals surface area contributed by atoms with E-state index < -0.39 is 0 Å². The van der Waals surface area contributed by atoms with E-state index in [-0.39, 0.29) is 6.09 Å². The maximum absolute atomic E-state index is 11.8. The van der Waals surface area contributed by atoms with Gasteiger partial charge in [0.2, 0.25) is 0 Å². The molecule has 0 saturated carbocycles. The first-order valence-corrected chi connectivity index (χ1v) is 8.27. The number of tetrazole rings is 1. The normalized spacial score (nSPS) is 15.2. The molecule has 9 heteroatoms. The summed E-state index contributed by atoms with van der Waals surface area (Å²) >= 11 is 0. The number of piperazine rings is 1. The number of ether oxygens (including phenoxy) is 2. The van der Waals surface area contributed by atoms with Gasteiger partial charge in [0, 0.05) is 26.2 Å². The van der Waals surface area contributed by atoms with E-state index >= 15 is 0 Å². The van der Waals surface area contributed by atoms with E-state index in [2.05, 4.69) is 20.4 Å². The quantitative estimate of drug-likeness (QED) is 0.796. The fourth-order valence-electron chi connectivity index (χ4n) is 2.73. The van der Waals surface area contributed by atoms with Gasteiger partial charge in [-0.1, -0.05) is 0 Å². The lowest BCUT2D eigenvalue weighted by Crippen LogP contribution is -2.48. The lowest BCUT2D eigenvalue weighted by molar-refractivity contribution is 0.0770. The molecule has 0 aliphatic carbocycles. The van der Waals surface area contributed by atoms with Crippen LogP contribution in [0.4, 0.5) is 4.79 Å². The van der Waals surface area contributed by atoms with E-state index in [0.717, 1.165) is 30.4 Å². The highest BCUT2D eigenvalue weighted by Gasteiger charge is 2.23. The molecule has 0 N–H and O–H groups in total. The fourth-order valence-corrected chi connectivity index (χ4v) is 2.73. The van der Waals surface area contributed by atoms with Crippen LogP contribution in [-0.4, -0.2) is 76.0 Å². The van der Waals surface area contributed by atoms with Crippen LogP contribution in [0.15, 0.2) is 24.3 Å². The molecule has 25 heavy (non-hydrogen) atoms. The minimum absolute atomic E-state index is 0.245. The van der Waals surface area contributed by atoms with Gasteiger partial charge in [-0.2, -0.15) is 4.68 Å². The second-order valence-corrected chi connectivity index (χ2v) is 5.67. The number of nitrogens with zero attached hydrogens (tertiary/aromatic N) is 6. The monoisotopic (exact) mass is 346 g/mol. The van der Waals surface area contributed by atoms with E-state index in [4.69, 9.17) is 9.47 Å². The minimum atomic E-state index is -0.245. The van der Waals surface area contributed by atoms with E-state index in [1.807, 2.05) is 31.2 Å². The average Bonchev–Trinajstić information content (AvgIpc) is 3.10. The molecule has 2 aromatic rings. The Hall–Kier alpha value is -2.68. The number of carbonyl (C=O) groups excluding carboxylic acids is 1. The van der Waals surface area contributed by atoms with Crippen molar-refractivity contribution in [2.75, 3.05) is 39.9 Å². The van der Waals surface area contributed by atoms with Crippen molar-refractivity contribution in [2.24, 2.45) is 0 Å². The molecule has 3 rings (SSSR count). The summed E-state index contributed by atoms with van der Waals surface area (Å²) in [4.78, 5) is 15.7. The molecule has 1 aliphatic rings. The molecular formula is C16H22N6O3. The first-order chi connectivity index (χ1) is 12.2. The SMILES string of the molecule is CCOC(=O)N1CCN(Cc2nnnn2-c2ccc(OC)cc2)CC1. The minimum Gasteiger partial charge on any atom is -0.497 e. The average molecular weight is 346 g/mol. The molecule has 1 amide bonds. The number of hydrogen-bond donors (Lipinski definition) is 0. The Kier molecular flexibility index (Phi) is 5.44. The van der Waals surface area contributed by atoms with E-state index in [0.29, 0.717) is 26.2 Å². The molecule has 0 bridgehead atoms. The molecule has 2 heterocycles. The number of benzene rings is 1. The third kappa shape index (κ3) is 4.05. The number of carbonyl (C=O) groups is 1. The van der Waals surface area contributed by atoms with Gasteiger partial charge in [-0.25, -0.2) is 4.79 Å². The van der Waals surface area contributed by atoms with Crippen LogP contribution in [0.25, 0.3) is 5.69 Å². The van der Waals surface area contributed by atoms with Gasteiger partial charge in [-0.05, 0) is 41.6 Å². The highest BCUT2D eigenvalue weighted by atomic mass is 16.6. The van der Waals surface area contributed by atoms with Gasteiger partial charge in [0.25, 0.3) is 0 Å². The fraction of sp³-hybridized carbons (Fsp3) is 0.500. The van der Waals surface area contributed by atoms with E-state index in [1.165, 1.54) is 0 Å². The number of methoxy groups -OCH3 is 1. The second kappa shape index (κ2) is 7.93. The number of hydrogen-bond acceptors (Lipinski definition) is 7. The van der Waals surface area contributed by atoms with Crippen molar-refractivity contribution in [3.05, 3.63) is 30.1 Å². The van der Waals surface area contributed by atoms with Crippen molar-refractivity contribution in [3.63, 3.8) is 0 Å². The molecule has 0 spiro atoms. The molecule has 1 aromatic heterocycles. The summed E-state index contributed by atoms with van der Waals surface area (Å²) < 4.78 is 11.9. The highest BCUT2D eigenvalue weighted by Crippen LogP contribution is 2.16. The maximum atomic E-state index is 11.8. The number of rotatable bonds is 5. The van der Waals surface area contributed by atoms with Crippen molar-refractivity contribution in [3.8, 4) is 11.4 Å². The van der Waals surface area contributed by atoms with Crippen LogP contribution in [0.2, 0.25) is 0 Å². The van der Waals surface area contributed by atoms with Crippen molar-refractivity contribution in [1.29, 1.82) is 0 Å². The lowest BCUT2D eigenvalue weighted by atomic mass is 10.3. The summed E-state index contributed by atoms with van der Waals surface area (Å²) in [6.07, 6.45) is -0.245. The van der Waals surface area contributed by atoms with Crippen LogP contribution in [0, 0.1) is 0 Å². The van der Waals surface area contributed by atoms with Gasteiger partial charge < -0.3 is 14.4 Å². The molecule has 1 saturated heterocycles. The second-order valence-electron chi connectivity index (χ2n) is 5.67. The molecule has 134 valence electrons.